The van der Waals surface area contributed by atoms with Crippen molar-refractivity contribution in [1.29, 1.82) is 5.41 Å². The van der Waals surface area contributed by atoms with Crippen molar-refractivity contribution in [3.63, 3.8) is 0 Å². The second-order valence-electron chi connectivity index (χ2n) is 4.74. The van der Waals surface area contributed by atoms with Crippen LogP contribution in [0.4, 0.5) is 10.1 Å². The number of nitrogen functional groups attached to an aromatic ring is 1. The summed E-state index contributed by atoms with van der Waals surface area (Å²) in [6.07, 6.45) is 0.168. The predicted octanol–water partition coefficient (Wildman–Crippen LogP) is 1.72. The van der Waals surface area contributed by atoms with Crippen molar-refractivity contribution < 1.29 is 9.13 Å². The molecule has 1 fully saturated rings. The molecule has 2 atom stereocenters. The molecular weight excluding hydrogens is 233 g/mol. The Morgan fingerprint density at radius 1 is 1.39 bits per heavy atom. The standard InChI is InChI=1S/C13H18FN3O/c1-8-6-17(7-9(2)18-8)12-4-3-10(13(15)16)5-11(12)14/h3-5,8-9H,6-7H2,1-2H3,(H3,15,16). The molecule has 0 amide bonds. The zero-order valence-corrected chi connectivity index (χ0v) is 10.6. The molecule has 1 aliphatic rings. The van der Waals surface area contributed by atoms with E-state index in [4.69, 9.17) is 15.9 Å². The first kappa shape index (κ1) is 12.8. The molecule has 1 saturated heterocycles. The van der Waals surface area contributed by atoms with Crippen LogP contribution in [-0.2, 0) is 4.74 Å². The van der Waals surface area contributed by atoms with Gasteiger partial charge in [-0.2, -0.15) is 0 Å². The van der Waals surface area contributed by atoms with Gasteiger partial charge < -0.3 is 15.4 Å². The monoisotopic (exact) mass is 251 g/mol. The Morgan fingerprint density at radius 2 is 2.00 bits per heavy atom. The van der Waals surface area contributed by atoms with Gasteiger partial charge >= 0.3 is 0 Å². The number of benzene rings is 1. The largest absolute Gasteiger partial charge is 0.384 e. The Hall–Kier alpha value is -1.62. The number of halogens is 1. The van der Waals surface area contributed by atoms with Crippen LogP contribution in [0.1, 0.15) is 19.4 Å². The van der Waals surface area contributed by atoms with Crippen LogP contribution >= 0.6 is 0 Å². The number of morpholine rings is 1. The van der Waals surface area contributed by atoms with E-state index in [9.17, 15) is 4.39 Å². The lowest BCUT2D eigenvalue weighted by Crippen LogP contribution is -2.45. The Morgan fingerprint density at radius 3 is 2.50 bits per heavy atom. The van der Waals surface area contributed by atoms with E-state index in [2.05, 4.69) is 0 Å². The van der Waals surface area contributed by atoms with Crippen LogP contribution in [-0.4, -0.2) is 31.1 Å². The van der Waals surface area contributed by atoms with Crippen molar-refractivity contribution in [2.24, 2.45) is 5.73 Å². The Labute approximate surface area is 106 Å². The lowest BCUT2D eigenvalue weighted by Gasteiger charge is -2.37. The molecule has 0 aliphatic carbocycles. The third-order valence-electron chi connectivity index (χ3n) is 3.02. The highest BCUT2D eigenvalue weighted by Gasteiger charge is 2.24. The fourth-order valence-electron chi connectivity index (χ4n) is 2.31. The number of anilines is 1. The molecule has 4 nitrogen and oxygen atoms in total. The molecule has 18 heavy (non-hydrogen) atoms. The molecule has 5 heteroatoms. The third-order valence-corrected chi connectivity index (χ3v) is 3.02. The van der Waals surface area contributed by atoms with Crippen molar-refractivity contribution >= 4 is 11.5 Å². The molecule has 98 valence electrons. The van der Waals surface area contributed by atoms with E-state index >= 15 is 0 Å². The fourth-order valence-corrected chi connectivity index (χ4v) is 2.31. The van der Waals surface area contributed by atoms with Crippen LogP contribution in [0.5, 0.6) is 0 Å². The molecule has 1 aliphatic heterocycles. The van der Waals surface area contributed by atoms with Gasteiger partial charge in [0, 0.05) is 18.7 Å². The number of amidine groups is 1. The molecule has 1 aromatic rings. The normalized spacial score (nSPS) is 24.1. The molecule has 0 bridgehead atoms. The number of nitrogens with two attached hydrogens (primary N) is 1. The number of ether oxygens (including phenoxy) is 1. The maximum absolute atomic E-state index is 14.0. The first-order valence-corrected chi connectivity index (χ1v) is 6.01. The lowest BCUT2D eigenvalue weighted by molar-refractivity contribution is -0.00539. The summed E-state index contributed by atoms with van der Waals surface area (Å²) in [6.45, 7) is 5.29. The summed E-state index contributed by atoms with van der Waals surface area (Å²) >= 11 is 0. The maximum atomic E-state index is 14.0. The summed E-state index contributed by atoms with van der Waals surface area (Å²) in [5, 5.41) is 7.29. The molecule has 0 spiro atoms. The molecular formula is C13H18FN3O. The SMILES string of the molecule is CC1CN(c2ccc(C(=N)N)cc2F)CC(C)O1. The molecule has 2 unspecified atom stereocenters. The van der Waals surface area contributed by atoms with Gasteiger partial charge in [-0.05, 0) is 32.0 Å². The molecule has 1 heterocycles. The summed E-state index contributed by atoms with van der Waals surface area (Å²) in [6, 6.07) is 4.66. The summed E-state index contributed by atoms with van der Waals surface area (Å²) < 4.78 is 19.6. The van der Waals surface area contributed by atoms with Crippen LogP contribution in [0.25, 0.3) is 0 Å². The zero-order valence-electron chi connectivity index (χ0n) is 10.6. The molecule has 0 radical (unpaired) electrons. The van der Waals surface area contributed by atoms with Gasteiger partial charge in [0.1, 0.15) is 11.7 Å². The van der Waals surface area contributed by atoms with E-state index in [0.717, 1.165) is 0 Å². The molecule has 3 N–H and O–H groups in total. The Balaban J connectivity index is 2.25. The minimum Gasteiger partial charge on any atom is -0.384 e. The van der Waals surface area contributed by atoms with Crippen LogP contribution in [0.2, 0.25) is 0 Å². The van der Waals surface area contributed by atoms with E-state index in [0.29, 0.717) is 24.3 Å². The third kappa shape index (κ3) is 2.61. The van der Waals surface area contributed by atoms with Gasteiger partial charge in [-0.1, -0.05) is 0 Å². The second kappa shape index (κ2) is 4.94. The number of rotatable bonds is 2. The topological polar surface area (TPSA) is 62.3 Å². The molecule has 0 saturated carbocycles. The van der Waals surface area contributed by atoms with Crippen LogP contribution in [0.3, 0.4) is 0 Å². The summed E-state index contributed by atoms with van der Waals surface area (Å²) in [5.74, 6) is -0.465. The van der Waals surface area contributed by atoms with Gasteiger partial charge in [-0.15, -0.1) is 0 Å². The quantitative estimate of drug-likeness (QED) is 0.621. The maximum Gasteiger partial charge on any atom is 0.147 e. The molecule has 1 aromatic carbocycles. The van der Waals surface area contributed by atoms with E-state index < -0.39 is 0 Å². The van der Waals surface area contributed by atoms with E-state index in [1.807, 2.05) is 18.7 Å². The highest BCUT2D eigenvalue weighted by molar-refractivity contribution is 5.95. The van der Waals surface area contributed by atoms with Gasteiger partial charge in [0.15, 0.2) is 0 Å². The number of hydrogen-bond acceptors (Lipinski definition) is 3. The van der Waals surface area contributed by atoms with Crippen molar-refractivity contribution in [3.8, 4) is 0 Å². The van der Waals surface area contributed by atoms with Gasteiger partial charge in [-0.25, -0.2) is 4.39 Å². The van der Waals surface area contributed by atoms with Crippen molar-refractivity contribution in [2.45, 2.75) is 26.1 Å². The van der Waals surface area contributed by atoms with Crippen molar-refractivity contribution in [3.05, 3.63) is 29.6 Å². The first-order chi connectivity index (χ1) is 8.47. The fraction of sp³-hybridized carbons (Fsp3) is 0.462. The highest BCUT2D eigenvalue weighted by atomic mass is 19.1. The van der Waals surface area contributed by atoms with E-state index in [-0.39, 0.29) is 23.9 Å². The van der Waals surface area contributed by atoms with Crippen LogP contribution in [0, 0.1) is 11.2 Å². The number of nitrogens with one attached hydrogen (secondary N) is 1. The highest BCUT2D eigenvalue weighted by Crippen LogP contribution is 2.24. The Kier molecular flexibility index (Phi) is 3.52. The molecule has 2 rings (SSSR count). The van der Waals surface area contributed by atoms with E-state index in [1.165, 1.54) is 6.07 Å². The summed E-state index contributed by atoms with van der Waals surface area (Å²) in [4.78, 5) is 1.97. The van der Waals surface area contributed by atoms with E-state index in [1.54, 1.807) is 12.1 Å². The molecule has 0 aromatic heterocycles. The summed E-state index contributed by atoms with van der Waals surface area (Å²) in [5.41, 5.74) is 6.29. The van der Waals surface area contributed by atoms with Crippen LogP contribution < -0.4 is 10.6 Å². The van der Waals surface area contributed by atoms with Gasteiger partial charge in [0.05, 0.1) is 17.9 Å². The summed E-state index contributed by atoms with van der Waals surface area (Å²) in [7, 11) is 0. The van der Waals surface area contributed by atoms with Gasteiger partial charge in [0.2, 0.25) is 0 Å². The number of nitrogens with zero attached hydrogens (tertiary/aromatic N) is 1. The second-order valence-corrected chi connectivity index (χ2v) is 4.74. The lowest BCUT2D eigenvalue weighted by atomic mass is 10.1. The number of hydrogen-bond donors (Lipinski definition) is 2. The smallest absolute Gasteiger partial charge is 0.147 e. The van der Waals surface area contributed by atoms with Crippen molar-refractivity contribution in [2.75, 3.05) is 18.0 Å². The van der Waals surface area contributed by atoms with Gasteiger partial charge in [0.25, 0.3) is 0 Å². The average molecular weight is 251 g/mol. The van der Waals surface area contributed by atoms with Crippen LogP contribution in [0.15, 0.2) is 18.2 Å². The first-order valence-electron chi connectivity index (χ1n) is 6.01. The zero-order chi connectivity index (χ0) is 13.3. The minimum atomic E-state index is -0.344. The average Bonchev–Trinajstić information content (AvgIpc) is 2.27. The minimum absolute atomic E-state index is 0.0839. The van der Waals surface area contributed by atoms with Gasteiger partial charge in [-0.3, -0.25) is 5.41 Å². The predicted molar refractivity (Wildman–Crippen MR) is 69.6 cm³/mol. The van der Waals surface area contributed by atoms with Crippen molar-refractivity contribution in [1.82, 2.24) is 0 Å². The Bertz CT molecular complexity index is 454.